The van der Waals surface area contributed by atoms with E-state index in [0.29, 0.717) is 18.5 Å². The van der Waals surface area contributed by atoms with E-state index in [1.54, 1.807) is 17.2 Å². The van der Waals surface area contributed by atoms with E-state index in [4.69, 9.17) is 0 Å². The van der Waals surface area contributed by atoms with Gasteiger partial charge in [0, 0.05) is 30.3 Å². The average molecular weight is 281 g/mol. The predicted molar refractivity (Wildman–Crippen MR) is 78.3 cm³/mol. The molecular formula is C17H15NO3. The predicted octanol–water partition coefficient (Wildman–Crippen LogP) is 2.29. The van der Waals surface area contributed by atoms with Crippen molar-refractivity contribution in [2.75, 3.05) is 0 Å². The van der Waals surface area contributed by atoms with Crippen LogP contribution in [-0.2, 0) is 16.1 Å². The number of aliphatic carboxylic acids is 1. The van der Waals surface area contributed by atoms with Gasteiger partial charge in [0.25, 0.3) is 0 Å². The second-order valence-corrected chi connectivity index (χ2v) is 5.14. The summed E-state index contributed by atoms with van der Waals surface area (Å²) in [6, 6.07) is 8.88. The fourth-order valence-electron chi connectivity index (χ4n) is 2.62. The number of Topliss-reactive ketones (excluding diaryl/α,β-unsaturated/α-hetero) is 1. The maximum atomic E-state index is 11.9. The Hall–Kier alpha value is -2.62. The lowest BCUT2D eigenvalue weighted by Crippen LogP contribution is -2.39. The Morgan fingerprint density at radius 3 is 2.76 bits per heavy atom. The minimum atomic E-state index is -0.948. The third-order valence-corrected chi connectivity index (χ3v) is 3.66. The number of hydrogen-bond donors (Lipinski definition) is 1. The summed E-state index contributed by atoms with van der Waals surface area (Å²) in [6.45, 7) is 0.493. The fraction of sp³-hybridized carbons (Fsp3) is 0.176. The molecule has 2 aliphatic rings. The Labute approximate surface area is 122 Å². The van der Waals surface area contributed by atoms with Gasteiger partial charge in [-0.2, -0.15) is 0 Å². The molecule has 1 atom stereocenters. The van der Waals surface area contributed by atoms with E-state index in [2.05, 4.69) is 0 Å². The molecular weight excluding hydrogens is 266 g/mol. The van der Waals surface area contributed by atoms with Crippen LogP contribution >= 0.6 is 0 Å². The highest BCUT2D eigenvalue weighted by atomic mass is 16.4. The Morgan fingerprint density at radius 2 is 2.05 bits per heavy atom. The average Bonchev–Trinajstić information content (AvgIpc) is 2.48. The van der Waals surface area contributed by atoms with Crippen LogP contribution in [0.3, 0.4) is 0 Å². The van der Waals surface area contributed by atoms with Gasteiger partial charge in [-0.25, -0.2) is 4.79 Å². The first kappa shape index (κ1) is 13.4. The molecule has 0 bridgehead atoms. The topological polar surface area (TPSA) is 57.6 Å². The number of carbonyl (C=O) groups excluding carboxylic acids is 1. The Morgan fingerprint density at radius 1 is 1.29 bits per heavy atom. The number of carboxylic acids is 1. The zero-order valence-electron chi connectivity index (χ0n) is 11.4. The first-order valence-electron chi connectivity index (χ1n) is 6.81. The van der Waals surface area contributed by atoms with Gasteiger partial charge in [-0.3, -0.25) is 4.79 Å². The first-order chi connectivity index (χ1) is 10.1. The van der Waals surface area contributed by atoms with Crippen molar-refractivity contribution in [2.24, 2.45) is 0 Å². The van der Waals surface area contributed by atoms with Crippen LogP contribution in [0.5, 0.6) is 0 Å². The number of fused-ring (bicyclic) bond motifs is 1. The number of benzene rings is 1. The second-order valence-electron chi connectivity index (χ2n) is 5.14. The summed E-state index contributed by atoms with van der Waals surface area (Å²) in [5.41, 5.74) is 2.34. The maximum absolute atomic E-state index is 11.9. The largest absolute Gasteiger partial charge is 0.479 e. The van der Waals surface area contributed by atoms with Crippen molar-refractivity contribution < 1.29 is 14.7 Å². The van der Waals surface area contributed by atoms with Crippen LogP contribution in [0.25, 0.3) is 0 Å². The van der Waals surface area contributed by atoms with Crippen molar-refractivity contribution in [1.82, 2.24) is 4.90 Å². The van der Waals surface area contributed by atoms with Crippen LogP contribution in [-0.4, -0.2) is 27.8 Å². The van der Waals surface area contributed by atoms with Gasteiger partial charge in [0.05, 0.1) is 0 Å². The molecule has 21 heavy (non-hydrogen) atoms. The number of carbonyl (C=O) groups is 2. The highest BCUT2D eigenvalue weighted by Crippen LogP contribution is 2.28. The van der Waals surface area contributed by atoms with Crippen molar-refractivity contribution >= 4 is 11.8 Å². The lowest BCUT2D eigenvalue weighted by Gasteiger charge is -2.31. The molecule has 1 aliphatic heterocycles. The van der Waals surface area contributed by atoms with Crippen molar-refractivity contribution in [2.45, 2.75) is 19.0 Å². The lowest BCUT2D eigenvalue weighted by molar-refractivity contribution is -0.140. The molecule has 1 aliphatic carbocycles. The van der Waals surface area contributed by atoms with E-state index in [1.165, 1.54) is 0 Å². The molecule has 106 valence electrons. The van der Waals surface area contributed by atoms with Gasteiger partial charge in [-0.05, 0) is 11.6 Å². The van der Waals surface area contributed by atoms with Crippen LogP contribution in [0.4, 0.5) is 0 Å². The number of nitrogens with zero attached hydrogens (tertiary/aromatic N) is 1. The minimum Gasteiger partial charge on any atom is -0.479 e. The molecule has 0 saturated carbocycles. The van der Waals surface area contributed by atoms with Gasteiger partial charge in [-0.1, -0.05) is 42.5 Å². The highest BCUT2D eigenvalue weighted by Gasteiger charge is 2.30. The number of rotatable bonds is 3. The van der Waals surface area contributed by atoms with Gasteiger partial charge in [0.15, 0.2) is 5.78 Å². The molecule has 1 aromatic rings. The molecule has 0 aromatic heterocycles. The lowest BCUT2D eigenvalue weighted by atomic mass is 9.90. The van der Waals surface area contributed by atoms with Gasteiger partial charge in [0.1, 0.15) is 6.04 Å². The summed E-state index contributed by atoms with van der Waals surface area (Å²) in [6.07, 6.45) is 7.37. The summed E-state index contributed by atoms with van der Waals surface area (Å²) in [7, 11) is 0. The number of ketones is 1. The molecule has 3 rings (SSSR count). The normalized spacial score (nSPS) is 20.7. The van der Waals surface area contributed by atoms with Gasteiger partial charge in [0.2, 0.25) is 0 Å². The minimum absolute atomic E-state index is 0.0191. The third-order valence-electron chi connectivity index (χ3n) is 3.66. The quantitative estimate of drug-likeness (QED) is 0.923. The molecule has 1 N–H and O–H groups in total. The molecule has 0 amide bonds. The van der Waals surface area contributed by atoms with E-state index in [1.807, 2.05) is 42.5 Å². The van der Waals surface area contributed by atoms with Gasteiger partial charge in [-0.15, -0.1) is 0 Å². The van der Waals surface area contributed by atoms with Crippen molar-refractivity contribution in [3.8, 4) is 0 Å². The van der Waals surface area contributed by atoms with E-state index < -0.39 is 12.0 Å². The van der Waals surface area contributed by atoms with E-state index in [0.717, 1.165) is 11.1 Å². The summed E-state index contributed by atoms with van der Waals surface area (Å²) in [5.74, 6) is -0.967. The van der Waals surface area contributed by atoms with Crippen LogP contribution in [0.2, 0.25) is 0 Å². The molecule has 0 fully saturated rings. The highest BCUT2D eigenvalue weighted by molar-refractivity contribution is 6.03. The summed E-state index contributed by atoms with van der Waals surface area (Å²) in [5, 5.41) is 9.42. The molecule has 4 heteroatoms. The van der Waals surface area contributed by atoms with Crippen LogP contribution in [0.15, 0.2) is 65.9 Å². The summed E-state index contributed by atoms with van der Waals surface area (Å²) in [4.78, 5) is 25.1. The van der Waals surface area contributed by atoms with Crippen LogP contribution in [0.1, 0.15) is 12.0 Å². The molecule has 4 nitrogen and oxygen atoms in total. The number of carboxylic acid groups (broad SMARTS) is 1. The van der Waals surface area contributed by atoms with E-state index in [-0.39, 0.29) is 5.78 Å². The van der Waals surface area contributed by atoms with Gasteiger partial charge >= 0.3 is 5.97 Å². The molecule has 0 radical (unpaired) electrons. The van der Waals surface area contributed by atoms with Crippen LogP contribution in [0, 0.1) is 0 Å². The summed E-state index contributed by atoms with van der Waals surface area (Å²) < 4.78 is 0. The Bertz CT molecular complexity index is 671. The fourth-order valence-corrected chi connectivity index (χ4v) is 2.62. The molecule has 1 unspecified atom stereocenters. The third kappa shape index (κ3) is 2.65. The Kier molecular flexibility index (Phi) is 3.44. The SMILES string of the molecule is O=C1CC=CC2=CN(Cc3ccccc3)C(C(=O)O)C=C12. The van der Waals surface area contributed by atoms with Crippen molar-refractivity contribution in [3.05, 3.63) is 71.5 Å². The van der Waals surface area contributed by atoms with E-state index in [9.17, 15) is 14.7 Å². The van der Waals surface area contributed by atoms with Gasteiger partial charge < -0.3 is 10.0 Å². The molecule has 1 aromatic carbocycles. The zero-order valence-corrected chi connectivity index (χ0v) is 11.4. The maximum Gasteiger partial charge on any atom is 0.330 e. The van der Waals surface area contributed by atoms with E-state index >= 15 is 0 Å². The van der Waals surface area contributed by atoms with Crippen LogP contribution < -0.4 is 0 Å². The first-order valence-corrected chi connectivity index (χ1v) is 6.81. The number of allylic oxidation sites excluding steroid dienone is 4. The monoisotopic (exact) mass is 281 g/mol. The number of hydrogen-bond acceptors (Lipinski definition) is 3. The van der Waals surface area contributed by atoms with Crippen molar-refractivity contribution in [3.63, 3.8) is 0 Å². The Balaban J connectivity index is 1.94. The standard InChI is InChI=1S/C17H15NO3/c19-16-8-4-7-13-11-18(10-12-5-2-1-3-6-12)15(17(20)21)9-14(13)16/h1-7,9,11,15H,8,10H2,(H,20,21). The zero-order chi connectivity index (χ0) is 14.8. The molecule has 0 saturated heterocycles. The smallest absolute Gasteiger partial charge is 0.330 e. The summed E-state index contributed by atoms with van der Waals surface area (Å²) >= 11 is 0. The molecule has 1 heterocycles. The van der Waals surface area contributed by atoms with Crippen molar-refractivity contribution in [1.29, 1.82) is 0 Å². The second kappa shape index (κ2) is 5.40. The molecule has 0 spiro atoms.